The summed E-state index contributed by atoms with van der Waals surface area (Å²) in [5.74, 6) is 0. The Morgan fingerprint density at radius 3 is 2.27 bits per heavy atom. The third-order valence-corrected chi connectivity index (χ3v) is 4.35. The number of rotatable bonds is 3. The average molecular weight is 351 g/mol. The molecule has 0 N–H and O–H groups in total. The Hall–Kier alpha value is -2.00. The topological polar surface area (TPSA) is 73.1 Å². The highest BCUT2D eigenvalue weighted by molar-refractivity contribution is 7.85. The molecule has 1 aromatic carbocycles. The third kappa shape index (κ3) is 3.42. The van der Waals surface area contributed by atoms with Gasteiger partial charge in [-0.25, -0.2) is 9.19 Å². The van der Waals surface area contributed by atoms with Crippen molar-refractivity contribution >= 4 is 28.1 Å². The molecule has 1 unspecified atom stereocenters. The van der Waals surface area contributed by atoms with Crippen LogP contribution in [-0.4, -0.2) is 14.1 Å². The van der Waals surface area contributed by atoms with Crippen molar-refractivity contribution in [1.82, 2.24) is 4.98 Å². The number of benzene rings is 1. The molecule has 0 saturated carbocycles. The zero-order chi connectivity index (χ0) is 16.5. The molecule has 0 radical (unpaired) electrons. The number of nitro benzene ring substituents is 1. The van der Waals surface area contributed by atoms with E-state index in [9.17, 15) is 27.5 Å². The maximum absolute atomic E-state index is 12.5. The summed E-state index contributed by atoms with van der Waals surface area (Å²) in [6.07, 6.45) is -4.07. The first-order valence-electron chi connectivity index (χ1n) is 5.59. The van der Waals surface area contributed by atoms with Crippen LogP contribution in [0.15, 0.2) is 46.5 Å². The second-order valence-electron chi connectivity index (χ2n) is 4.03. The fraction of sp³-hybridized carbons (Fsp3) is 0.0833. The number of aromatic nitrogens is 1. The molecular weight excluding hydrogens is 345 g/mol. The number of nitro groups is 1. The van der Waals surface area contributed by atoms with Gasteiger partial charge in [0, 0.05) is 23.2 Å². The molecule has 1 atom stereocenters. The number of nitrogens with zero attached hydrogens (tertiary/aromatic N) is 2. The molecule has 10 heteroatoms. The van der Waals surface area contributed by atoms with Crippen LogP contribution in [0.1, 0.15) is 5.56 Å². The average Bonchev–Trinajstić information content (AvgIpc) is 2.45. The van der Waals surface area contributed by atoms with Gasteiger partial charge < -0.3 is 0 Å². The highest BCUT2D eigenvalue weighted by Gasteiger charge is 2.32. The monoisotopic (exact) mass is 350 g/mol. The van der Waals surface area contributed by atoms with E-state index in [4.69, 9.17) is 11.6 Å². The molecular formula is C12H6ClF3N2O3S. The van der Waals surface area contributed by atoms with Crippen molar-refractivity contribution in [2.75, 3.05) is 0 Å². The van der Waals surface area contributed by atoms with Gasteiger partial charge in [-0.1, -0.05) is 11.6 Å². The summed E-state index contributed by atoms with van der Waals surface area (Å²) in [6, 6.07) is 5.34. The summed E-state index contributed by atoms with van der Waals surface area (Å²) < 4.78 is 49.7. The zero-order valence-electron chi connectivity index (χ0n) is 10.5. The number of hydrogen-bond donors (Lipinski definition) is 0. The summed E-state index contributed by atoms with van der Waals surface area (Å²) in [4.78, 5) is 13.5. The molecule has 116 valence electrons. The molecule has 1 heterocycles. The largest absolute Gasteiger partial charge is 0.417 e. The SMILES string of the molecule is O=[N+]([O-])c1ccc(S(=O)c2ncc(C(F)(F)F)cc2Cl)cc1. The molecule has 0 aliphatic carbocycles. The molecule has 5 nitrogen and oxygen atoms in total. The lowest BCUT2D eigenvalue weighted by Gasteiger charge is -2.09. The van der Waals surface area contributed by atoms with E-state index in [1.54, 1.807) is 0 Å². The third-order valence-electron chi connectivity index (χ3n) is 2.57. The molecule has 0 aliphatic rings. The Kier molecular flexibility index (Phi) is 4.47. The Bertz CT molecular complexity index is 750. The second-order valence-corrected chi connectivity index (χ2v) is 5.83. The van der Waals surface area contributed by atoms with E-state index >= 15 is 0 Å². The van der Waals surface area contributed by atoms with Crippen LogP contribution in [0, 0.1) is 10.1 Å². The second kappa shape index (κ2) is 6.01. The summed E-state index contributed by atoms with van der Waals surface area (Å²) in [7, 11) is -1.95. The summed E-state index contributed by atoms with van der Waals surface area (Å²) in [5.41, 5.74) is -1.26. The maximum Gasteiger partial charge on any atom is 0.417 e. The first kappa shape index (κ1) is 16.4. The van der Waals surface area contributed by atoms with Gasteiger partial charge in [0.2, 0.25) is 0 Å². The van der Waals surface area contributed by atoms with Crippen LogP contribution in [0.25, 0.3) is 0 Å². The van der Waals surface area contributed by atoms with Gasteiger partial charge in [0.05, 0.1) is 15.5 Å². The standard InChI is InChI=1S/C12H6ClF3N2O3S/c13-10-5-7(12(14,15)16)6-17-11(10)22(21)9-3-1-8(2-4-9)18(19)20/h1-6H. The van der Waals surface area contributed by atoms with Gasteiger partial charge in [0.15, 0.2) is 5.03 Å². The summed E-state index contributed by atoms with van der Waals surface area (Å²) in [5, 5.41) is 9.88. The van der Waals surface area contributed by atoms with Crippen molar-refractivity contribution in [3.8, 4) is 0 Å². The molecule has 0 saturated heterocycles. The van der Waals surface area contributed by atoms with Crippen LogP contribution < -0.4 is 0 Å². The van der Waals surface area contributed by atoms with Gasteiger partial charge in [0.25, 0.3) is 5.69 Å². The number of non-ortho nitro benzene ring substituents is 1. The van der Waals surface area contributed by atoms with Crippen molar-refractivity contribution in [3.63, 3.8) is 0 Å². The van der Waals surface area contributed by atoms with E-state index in [1.165, 1.54) is 12.1 Å². The summed E-state index contributed by atoms with van der Waals surface area (Å²) >= 11 is 5.70. The minimum Gasteiger partial charge on any atom is -0.258 e. The van der Waals surface area contributed by atoms with Gasteiger partial charge in [-0.3, -0.25) is 10.1 Å². The Morgan fingerprint density at radius 2 is 1.82 bits per heavy atom. The lowest BCUT2D eigenvalue weighted by atomic mass is 10.3. The van der Waals surface area contributed by atoms with Gasteiger partial charge in [0.1, 0.15) is 10.8 Å². The first-order chi connectivity index (χ1) is 10.2. The van der Waals surface area contributed by atoms with Crippen molar-refractivity contribution in [3.05, 3.63) is 57.2 Å². The molecule has 0 spiro atoms. The molecule has 0 aliphatic heterocycles. The molecule has 2 aromatic rings. The van der Waals surface area contributed by atoms with E-state index in [2.05, 4.69) is 4.98 Å². The highest BCUT2D eigenvalue weighted by atomic mass is 35.5. The molecule has 0 amide bonds. The quantitative estimate of drug-likeness (QED) is 0.623. The maximum atomic E-state index is 12.5. The Balaban J connectivity index is 2.35. The number of pyridine rings is 1. The Labute approximate surface area is 129 Å². The fourth-order valence-electron chi connectivity index (χ4n) is 1.52. The molecule has 0 bridgehead atoms. The minimum atomic E-state index is -4.61. The van der Waals surface area contributed by atoms with Crippen LogP contribution in [0.3, 0.4) is 0 Å². The highest BCUT2D eigenvalue weighted by Crippen LogP contribution is 2.32. The number of hydrogen-bond acceptors (Lipinski definition) is 4. The van der Waals surface area contributed by atoms with Crippen molar-refractivity contribution < 1.29 is 22.3 Å². The van der Waals surface area contributed by atoms with Crippen LogP contribution in [0.2, 0.25) is 5.02 Å². The van der Waals surface area contributed by atoms with Crippen LogP contribution in [-0.2, 0) is 17.0 Å². The van der Waals surface area contributed by atoms with E-state index in [0.29, 0.717) is 12.3 Å². The zero-order valence-corrected chi connectivity index (χ0v) is 12.1. The molecule has 22 heavy (non-hydrogen) atoms. The number of alkyl halides is 3. The van der Waals surface area contributed by atoms with Crippen molar-refractivity contribution in [2.24, 2.45) is 0 Å². The molecule has 2 rings (SSSR count). The molecule has 1 aromatic heterocycles. The Morgan fingerprint density at radius 1 is 1.23 bits per heavy atom. The van der Waals surface area contributed by atoms with E-state index < -0.39 is 32.5 Å². The lowest BCUT2D eigenvalue weighted by molar-refractivity contribution is -0.384. The summed E-state index contributed by atoms with van der Waals surface area (Å²) in [6.45, 7) is 0. The van der Waals surface area contributed by atoms with Gasteiger partial charge in [-0.15, -0.1) is 0 Å². The van der Waals surface area contributed by atoms with Gasteiger partial charge in [-0.2, -0.15) is 13.2 Å². The van der Waals surface area contributed by atoms with E-state index in [1.807, 2.05) is 0 Å². The molecule has 0 fully saturated rings. The van der Waals surface area contributed by atoms with E-state index in [0.717, 1.165) is 12.1 Å². The predicted molar refractivity (Wildman–Crippen MR) is 72.0 cm³/mol. The van der Waals surface area contributed by atoms with Crippen molar-refractivity contribution in [2.45, 2.75) is 16.1 Å². The van der Waals surface area contributed by atoms with Crippen LogP contribution in [0.5, 0.6) is 0 Å². The first-order valence-corrected chi connectivity index (χ1v) is 7.12. The minimum absolute atomic E-state index is 0.139. The fourth-order valence-corrected chi connectivity index (χ4v) is 2.89. The van der Waals surface area contributed by atoms with Crippen molar-refractivity contribution in [1.29, 1.82) is 0 Å². The smallest absolute Gasteiger partial charge is 0.258 e. The van der Waals surface area contributed by atoms with Gasteiger partial charge in [-0.05, 0) is 18.2 Å². The van der Waals surface area contributed by atoms with Gasteiger partial charge >= 0.3 is 6.18 Å². The number of halogens is 4. The normalized spacial score (nSPS) is 12.9. The lowest BCUT2D eigenvalue weighted by Crippen LogP contribution is -2.07. The predicted octanol–water partition coefficient (Wildman–Crippen LogP) is 3.83. The van der Waals surface area contributed by atoms with Crippen LogP contribution >= 0.6 is 11.6 Å². The van der Waals surface area contributed by atoms with Crippen LogP contribution in [0.4, 0.5) is 18.9 Å². The van der Waals surface area contributed by atoms with E-state index in [-0.39, 0.29) is 15.6 Å².